The number of carboxylic acid groups (broad SMARTS) is 1. The second-order valence-corrected chi connectivity index (χ2v) is 5.51. The molecule has 0 spiro atoms. The Balaban J connectivity index is 1.99. The van der Waals surface area contributed by atoms with E-state index >= 15 is 0 Å². The molecule has 0 radical (unpaired) electrons. The molecule has 2 atom stereocenters. The van der Waals surface area contributed by atoms with Crippen LogP contribution in [0, 0.1) is 5.92 Å². The third-order valence-electron chi connectivity index (χ3n) is 3.25. The molecule has 6 heteroatoms. The topological polar surface area (TPSA) is 87.7 Å². The number of para-hydroxylation sites is 2. The van der Waals surface area contributed by atoms with Crippen molar-refractivity contribution in [1.82, 2.24) is 5.32 Å². The second-order valence-electron chi connectivity index (χ2n) is 5.51. The van der Waals surface area contributed by atoms with Gasteiger partial charge in [0.1, 0.15) is 11.8 Å². The summed E-state index contributed by atoms with van der Waals surface area (Å²) < 4.78 is 5.61. The Labute approximate surface area is 123 Å². The van der Waals surface area contributed by atoms with Crippen LogP contribution in [0.5, 0.6) is 5.75 Å². The lowest BCUT2D eigenvalue weighted by molar-refractivity contribution is -0.143. The van der Waals surface area contributed by atoms with Crippen LogP contribution in [0.2, 0.25) is 0 Å². The zero-order valence-electron chi connectivity index (χ0n) is 12.1. The van der Waals surface area contributed by atoms with Crippen LogP contribution < -0.4 is 15.4 Å². The molecule has 1 aromatic rings. The molecule has 1 heterocycles. The molecule has 1 aliphatic rings. The number of anilines is 1. The Kier molecular flexibility index (Phi) is 4.67. The van der Waals surface area contributed by atoms with E-state index in [1.165, 1.54) is 0 Å². The number of fused-ring (bicyclic) bond motifs is 1. The second kappa shape index (κ2) is 6.47. The summed E-state index contributed by atoms with van der Waals surface area (Å²) in [6.45, 7) is 4.14. The molecule has 21 heavy (non-hydrogen) atoms. The maximum absolute atomic E-state index is 12.2. The van der Waals surface area contributed by atoms with Crippen molar-refractivity contribution >= 4 is 17.6 Å². The lowest BCUT2D eigenvalue weighted by atomic mass is 10.0. The minimum atomic E-state index is -1.03. The van der Waals surface area contributed by atoms with Gasteiger partial charge in [-0.25, -0.2) is 4.79 Å². The zero-order valence-corrected chi connectivity index (χ0v) is 12.1. The van der Waals surface area contributed by atoms with Gasteiger partial charge in [0.15, 0.2) is 6.10 Å². The van der Waals surface area contributed by atoms with Crippen LogP contribution in [0.15, 0.2) is 24.3 Å². The standard InChI is InChI=1S/C15H20N2O4/c1-9(2)7-11(15(19)20)17-14(18)13-8-16-10-5-3-4-6-12(10)21-13/h3-6,9,11,13,16H,7-8H2,1-2H3,(H,17,18)(H,19,20)/t11-,13?/m0/s1. The molecule has 0 aromatic heterocycles. The highest BCUT2D eigenvalue weighted by Crippen LogP contribution is 2.28. The first-order valence-corrected chi connectivity index (χ1v) is 7.00. The van der Waals surface area contributed by atoms with E-state index in [2.05, 4.69) is 10.6 Å². The largest absolute Gasteiger partial charge is 0.480 e. The average molecular weight is 292 g/mol. The molecule has 2 rings (SSSR count). The lowest BCUT2D eigenvalue weighted by Crippen LogP contribution is -2.50. The first-order chi connectivity index (χ1) is 9.97. The predicted octanol–water partition coefficient (Wildman–Crippen LogP) is 1.47. The van der Waals surface area contributed by atoms with Gasteiger partial charge in [-0.15, -0.1) is 0 Å². The Morgan fingerprint density at radius 3 is 2.81 bits per heavy atom. The van der Waals surface area contributed by atoms with E-state index in [1.54, 1.807) is 6.07 Å². The van der Waals surface area contributed by atoms with Gasteiger partial charge in [-0.1, -0.05) is 26.0 Å². The zero-order chi connectivity index (χ0) is 15.4. The minimum Gasteiger partial charge on any atom is -0.480 e. The van der Waals surface area contributed by atoms with Crippen molar-refractivity contribution in [2.24, 2.45) is 5.92 Å². The van der Waals surface area contributed by atoms with Gasteiger partial charge in [0.25, 0.3) is 5.91 Å². The van der Waals surface area contributed by atoms with Crippen LogP contribution in [-0.4, -0.2) is 35.7 Å². The fourth-order valence-corrected chi connectivity index (χ4v) is 2.22. The Hall–Kier alpha value is -2.24. The molecule has 1 aliphatic heterocycles. The molecule has 1 aromatic carbocycles. The Morgan fingerprint density at radius 2 is 2.14 bits per heavy atom. The molecule has 6 nitrogen and oxygen atoms in total. The van der Waals surface area contributed by atoms with Crippen molar-refractivity contribution in [1.29, 1.82) is 0 Å². The summed E-state index contributed by atoms with van der Waals surface area (Å²) in [6.07, 6.45) is -0.341. The van der Waals surface area contributed by atoms with Gasteiger partial charge in [0.2, 0.25) is 0 Å². The van der Waals surface area contributed by atoms with Crippen molar-refractivity contribution < 1.29 is 19.4 Å². The molecule has 3 N–H and O–H groups in total. The van der Waals surface area contributed by atoms with Crippen molar-refractivity contribution in [2.75, 3.05) is 11.9 Å². The SMILES string of the molecule is CC(C)C[C@H](NC(=O)C1CNc2ccccc2O1)C(=O)O. The van der Waals surface area contributed by atoms with E-state index in [0.717, 1.165) is 5.69 Å². The van der Waals surface area contributed by atoms with E-state index in [4.69, 9.17) is 9.84 Å². The molecular formula is C15H20N2O4. The number of nitrogens with one attached hydrogen (secondary N) is 2. The Bertz CT molecular complexity index is 530. The fourth-order valence-electron chi connectivity index (χ4n) is 2.22. The maximum Gasteiger partial charge on any atom is 0.326 e. The predicted molar refractivity (Wildman–Crippen MR) is 78.4 cm³/mol. The number of hydrogen-bond acceptors (Lipinski definition) is 4. The van der Waals surface area contributed by atoms with Gasteiger partial charge in [0.05, 0.1) is 12.2 Å². The third kappa shape index (κ3) is 3.87. The molecule has 1 unspecified atom stereocenters. The summed E-state index contributed by atoms with van der Waals surface area (Å²) in [5.41, 5.74) is 0.832. The van der Waals surface area contributed by atoms with Crippen molar-refractivity contribution in [2.45, 2.75) is 32.4 Å². The summed E-state index contributed by atoms with van der Waals surface area (Å²) in [5, 5.41) is 14.8. The molecule has 1 amide bonds. The maximum atomic E-state index is 12.2. The van der Waals surface area contributed by atoms with Gasteiger partial charge >= 0.3 is 5.97 Å². The van der Waals surface area contributed by atoms with E-state index in [0.29, 0.717) is 18.7 Å². The van der Waals surface area contributed by atoms with E-state index < -0.39 is 24.0 Å². The van der Waals surface area contributed by atoms with Gasteiger partial charge in [-0.05, 0) is 24.5 Å². The van der Waals surface area contributed by atoms with E-state index in [-0.39, 0.29) is 5.92 Å². The summed E-state index contributed by atoms with van der Waals surface area (Å²) in [4.78, 5) is 23.3. The fraction of sp³-hybridized carbons (Fsp3) is 0.467. The highest BCUT2D eigenvalue weighted by molar-refractivity contribution is 5.87. The average Bonchev–Trinajstić information content (AvgIpc) is 2.45. The molecule has 0 saturated carbocycles. The van der Waals surface area contributed by atoms with E-state index in [9.17, 15) is 9.59 Å². The quantitative estimate of drug-likeness (QED) is 0.765. The summed E-state index contributed by atoms with van der Waals surface area (Å²) in [7, 11) is 0. The number of rotatable bonds is 5. The summed E-state index contributed by atoms with van der Waals surface area (Å²) in [6, 6.07) is 6.43. The number of hydrogen-bond donors (Lipinski definition) is 3. The van der Waals surface area contributed by atoms with Crippen molar-refractivity contribution in [3.63, 3.8) is 0 Å². The number of carboxylic acids is 1. The highest BCUT2D eigenvalue weighted by Gasteiger charge is 2.29. The summed E-state index contributed by atoms with van der Waals surface area (Å²) >= 11 is 0. The number of benzene rings is 1. The molecule has 114 valence electrons. The van der Waals surface area contributed by atoms with Gasteiger partial charge in [-0.3, -0.25) is 4.79 Å². The lowest BCUT2D eigenvalue weighted by Gasteiger charge is -2.27. The normalized spacial score (nSPS) is 18.1. The molecule has 0 fully saturated rings. The first-order valence-electron chi connectivity index (χ1n) is 7.00. The first kappa shape index (κ1) is 15.2. The van der Waals surface area contributed by atoms with Crippen LogP contribution in [0.25, 0.3) is 0 Å². The minimum absolute atomic E-state index is 0.178. The van der Waals surface area contributed by atoms with Crippen LogP contribution in [0.4, 0.5) is 5.69 Å². The number of amides is 1. The van der Waals surface area contributed by atoms with Crippen LogP contribution in [0.3, 0.4) is 0 Å². The van der Waals surface area contributed by atoms with Crippen LogP contribution in [-0.2, 0) is 9.59 Å². The number of aliphatic carboxylic acids is 1. The van der Waals surface area contributed by atoms with Crippen LogP contribution >= 0.6 is 0 Å². The molecule has 0 bridgehead atoms. The molecule has 0 aliphatic carbocycles. The van der Waals surface area contributed by atoms with E-state index in [1.807, 2.05) is 32.0 Å². The van der Waals surface area contributed by atoms with Crippen molar-refractivity contribution in [3.8, 4) is 5.75 Å². The number of carbonyl (C=O) groups excluding carboxylic acids is 1. The highest BCUT2D eigenvalue weighted by atomic mass is 16.5. The number of carbonyl (C=O) groups is 2. The smallest absolute Gasteiger partial charge is 0.326 e. The molecular weight excluding hydrogens is 272 g/mol. The number of ether oxygens (including phenoxy) is 1. The van der Waals surface area contributed by atoms with Gasteiger partial charge in [0, 0.05) is 0 Å². The Morgan fingerprint density at radius 1 is 1.43 bits per heavy atom. The molecule has 0 saturated heterocycles. The van der Waals surface area contributed by atoms with Crippen LogP contribution in [0.1, 0.15) is 20.3 Å². The van der Waals surface area contributed by atoms with Gasteiger partial charge < -0.3 is 20.5 Å². The van der Waals surface area contributed by atoms with Crippen molar-refractivity contribution in [3.05, 3.63) is 24.3 Å². The summed E-state index contributed by atoms with van der Waals surface area (Å²) in [5.74, 6) is -0.663. The third-order valence-corrected chi connectivity index (χ3v) is 3.25. The van der Waals surface area contributed by atoms with Gasteiger partial charge in [-0.2, -0.15) is 0 Å². The monoisotopic (exact) mass is 292 g/mol.